The third kappa shape index (κ3) is 3.88. The van der Waals surface area contributed by atoms with Crippen LogP contribution in [0, 0.1) is 5.92 Å². The number of ether oxygens (including phenoxy) is 1. The van der Waals surface area contributed by atoms with Gasteiger partial charge in [0.2, 0.25) is 0 Å². The molecule has 1 aliphatic heterocycles. The lowest BCUT2D eigenvalue weighted by molar-refractivity contribution is -0.133. The van der Waals surface area contributed by atoms with E-state index >= 15 is 0 Å². The van der Waals surface area contributed by atoms with E-state index in [1.165, 1.54) is 37.7 Å². The Balaban J connectivity index is 1.62. The van der Waals surface area contributed by atoms with Gasteiger partial charge in [-0.15, -0.1) is 0 Å². The molecule has 2 nitrogen and oxygen atoms in total. The molecule has 2 atom stereocenters. The van der Waals surface area contributed by atoms with E-state index in [0.717, 1.165) is 30.3 Å². The second-order valence-corrected chi connectivity index (χ2v) is 7.66. The average molecular weight is 353 g/mol. The fraction of sp³-hybridized carbons (Fsp3) is 0.667. The van der Waals surface area contributed by atoms with Crippen molar-refractivity contribution in [2.24, 2.45) is 5.92 Å². The zero-order valence-electron chi connectivity index (χ0n) is 12.6. The van der Waals surface area contributed by atoms with E-state index in [-0.39, 0.29) is 11.7 Å². The van der Waals surface area contributed by atoms with Crippen molar-refractivity contribution in [3.63, 3.8) is 0 Å². The van der Waals surface area contributed by atoms with E-state index in [2.05, 4.69) is 28.1 Å². The quantitative estimate of drug-likeness (QED) is 0.868. The summed E-state index contributed by atoms with van der Waals surface area (Å²) >= 11 is 3.50. The van der Waals surface area contributed by atoms with Crippen molar-refractivity contribution >= 4 is 15.9 Å². The van der Waals surface area contributed by atoms with Crippen LogP contribution in [0.1, 0.15) is 50.5 Å². The number of rotatable bonds is 3. The fourth-order valence-corrected chi connectivity index (χ4v) is 4.46. The lowest BCUT2D eigenvalue weighted by Crippen LogP contribution is -2.44. The first-order valence-electron chi connectivity index (χ1n) is 8.23. The van der Waals surface area contributed by atoms with Crippen LogP contribution >= 0.6 is 15.9 Å². The standard InChI is InChI=1S/C18H25BrO2/c19-16-6-4-5-14(11-16)12-17(20)15-7-10-21-18(13-15)8-2-1-3-9-18/h4-6,11,15,17,20H,1-3,7-10,12-13H2. The maximum atomic E-state index is 10.7. The van der Waals surface area contributed by atoms with E-state index in [1.807, 2.05) is 12.1 Å². The molecule has 3 heteroatoms. The predicted octanol–water partition coefficient (Wildman–Crippen LogP) is 4.48. The van der Waals surface area contributed by atoms with Crippen LogP contribution in [0.4, 0.5) is 0 Å². The van der Waals surface area contributed by atoms with Crippen LogP contribution in [0.2, 0.25) is 0 Å². The van der Waals surface area contributed by atoms with E-state index in [4.69, 9.17) is 4.74 Å². The Morgan fingerprint density at radius 3 is 2.86 bits per heavy atom. The minimum Gasteiger partial charge on any atom is -0.392 e. The number of hydrogen-bond donors (Lipinski definition) is 1. The van der Waals surface area contributed by atoms with Crippen LogP contribution in [0.3, 0.4) is 0 Å². The number of halogens is 1. The summed E-state index contributed by atoms with van der Waals surface area (Å²) in [5, 5.41) is 10.7. The topological polar surface area (TPSA) is 29.5 Å². The molecular weight excluding hydrogens is 328 g/mol. The molecule has 2 unspecified atom stereocenters. The highest BCUT2D eigenvalue weighted by Crippen LogP contribution is 2.41. The number of aliphatic hydroxyl groups is 1. The zero-order valence-corrected chi connectivity index (χ0v) is 14.1. The van der Waals surface area contributed by atoms with Crippen LogP contribution < -0.4 is 0 Å². The molecule has 1 N–H and O–H groups in total. The number of hydrogen-bond acceptors (Lipinski definition) is 2. The average Bonchev–Trinajstić information content (AvgIpc) is 2.48. The monoisotopic (exact) mass is 352 g/mol. The lowest BCUT2D eigenvalue weighted by Gasteiger charge is -2.44. The first kappa shape index (κ1) is 15.5. The molecule has 2 aliphatic rings. The molecule has 0 amide bonds. The Bertz CT molecular complexity index is 463. The van der Waals surface area contributed by atoms with Gasteiger partial charge in [0, 0.05) is 11.1 Å². The molecule has 0 radical (unpaired) electrons. The van der Waals surface area contributed by atoms with Gasteiger partial charge in [-0.3, -0.25) is 0 Å². The normalized spacial score (nSPS) is 26.7. The van der Waals surface area contributed by atoms with Crippen LogP contribution in [-0.4, -0.2) is 23.4 Å². The lowest BCUT2D eigenvalue weighted by atomic mass is 9.74. The van der Waals surface area contributed by atoms with Gasteiger partial charge < -0.3 is 9.84 Å². The predicted molar refractivity (Wildman–Crippen MR) is 88.3 cm³/mol. The van der Waals surface area contributed by atoms with Crippen molar-refractivity contribution in [2.45, 2.75) is 63.1 Å². The summed E-state index contributed by atoms with van der Waals surface area (Å²) in [5.41, 5.74) is 1.29. The smallest absolute Gasteiger partial charge is 0.0686 e. The Morgan fingerprint density at radius 2 is 2.10 bits per heavy atom. The molecule has 1 aliphatic carbocycles. The summed E-state index contributed by atoms with van der Waals surface area (Å²) in [4.78, 5) is 0. The molecule has 0 aromatic heterocycles. The Kier molecular flexibility index (Phi) is 5.03. The van der Waals surface area contributed by atoms with Crippen molar-refractivity contribution in [3.05, 3.63) is 34.3 Å². The van der Waals surface area contributed by atoms with Crippen molar-refractivity contribution in [2.75, 3.05) is 6.61 Å². The van der Waals surface area contributed by atoms with Gasteiger partial charge in [0.1, 0.15) is 0 Å². The third-order valence-electron chi connectivity index (χ3n) is 5.17. The van der Waals surface area contributed by atoms with Gasteiger partial charge >= 0.3 is 0 Å². The fourth-order valence-electron chi connectivity index (χ4n) is 4.01. The first-order chi connectivity index (χ1) is 10.2. The number of aliphatic hydroxyl groups excluding tert-OH is 1. The van der Waals surface area contributed by atoms with Gasteiger partial charge in [0.15, 0.2) is 0 Å². The molecule has 1 saturated heterocycles. The van der Waals surface area contributed by atoms with Gasteiger partial charge in [-0.1, -0.05) is 47.3 Å². The summed E-state index contributed by atoms with van der Waals surface area (Å²) in [7, 11) is 0. The van der Waals surface area contributed by atoms with Crippen molar-refractivity contribution < 1.29 is 9.84 Å². The molecule has 1 saturated carbocycles. The van der Waals surface area contributed by atoms with E-state index < -0.39 is 0 Å². The Labute approximate surface area is 136 Å². The van der Waals surface area contributed by atoms with Crippen molar-refractivity contribution in [1.82, 2.24) is 0 Å². The minimum absolute atomic E-state index is 0.0828. The summed E-state index contributed by atoms with van der Waals surface area (Å²) in [5.74, 6) is 0.385. The SMILES string of the molecule is OC(Cc1cccc(Br)c1)C1CCOC2(CCCCC2)C1. The third-order valence-corrected chi connectivity index (χ3v) is 5.67. The van der Waals surface area contributed by atoms with Crippen molar-refractivity contribution in [3.8, 4) is 0 Å². The molecule has 1 spiro atoms. The summed E-state index contributed by atoms with van der Waals surface area (Å²) in [6.07, 6.45) is 8.83. The van der Waals surface area contributed by atoms with Crippen LogP contribution in [0.25, 0.3) is 0 Å². The Morgan fingerprint density at radius 1 is 1.29 bits per heavy atom. The molecule has 1 aromatic rings. The van der Waals surface area contributed by atoms with Gasteiger partial charge in [-0.2, -0.15) is 0 Å². The molecule has 1 heterocycles. The van der Waals surface area contributed by atoms with Crippen LogP contribution in [0.15, 0.2) is 28.7 Å². The molecular formula is C18H25BrO2. The first-order valence-corrected chi connectivity index (χ1v) is 9.03. The second-order valence-electron chi connectivity index (χ2n) is 6.75. The van der Waals surface area contributed by atoms with E-state index in [1.54, 1.807) is 0 Å². The molecule has 2 fully saturated rings. The maximum Gasteiger partial charge on any atom is 0.0686 e. The molecule has 0 bridgehead atoms. The number of benzene rings is 1. The highest BCUT2D eigenvalue weighted by molar-refractivity contribution is 9.10. The molecule has 21 heavy (non-hydrogen) atoms. The second kappa shape index (κ2) is 6.80. The van der Waals surface area contributed by atoms with Crippen molar-refractivity contribution in [1.29, 1.82) is 0 Å². The highest BCUT2D eigenvalue weighted by atomic mass is 79.9. The highest BCUT2D eigenvalue weighted by Gasteiger charge is 2.40. The Hall–Kier alpha value is -0.380. The van der Waals surface area contributed by atoms with Gasteiger partial charge in [-0.05, 0) is 55.7 Å². The van der Waals surface area contributed by atoms with Crippen LogP contribution in [0.5, 0.6) is 0 Å². The maximum absolute atomic E-state index is 10.7. The van der Waals surface area contributed by atoms with E-state index in [9.17, 15) is 5.11 Å². The summed E-state index contributed by atoms with van der Waals surface area (Å²) in [6, 6.07) is 8.28. The van der Waals surface area contributed by atoms with Gasteiger partial charge in [0.25, 0.3) is 0 Å². The molecule has 116 valence electrons. The molecule has 1 aromatic carbocycles. The van der Waals surface area contributed by atoms with E-state index in [0.29, 0.717) is 5.92 Å². The largest absolute Gasteiger partial charge is 0.392 e. The molecule has 3 rings (SSSR count). The zero-order chi connectivity index (χ0) is 14.7. The van der Waals surface area contributed by atoms with Gasteiger partial charge in [-0.25, -0.2) is 0 Å². The summed E-state index contributed by atoms with van der Waals surface area (Å²) < 4.78 is 7.22. The summed E-state index contributed by atoms with van der Waals surface area (Å²) in [6.45, 7) is 0.820. The van der Waals surface area contributed by atoms with Gasteiger partial charge in [0.05, 0.1) is 11.7 Å². The minimum atomic E-state index is -0.248. The van der Waals surface area contributed by atoms with Crippen LogP contribution in [-0.2, 0) is 11.2 Å².